The maximum atomic E-state index is 11.3. The highest BCUT2D eigenvalue weighted by atomic mass is 16.5. The highest BCUT2D eigenvalue weighted by molar-refractivity contribution is 6.09. The first-order valence-corrected chi connectivity index (χ1v) is 5.22. The van der Waals surface area contributed by atoms with Crippen molar-refractivity contribution in [2.24, 2.45) is 0 Å². The van der Waals surface area contributed by atoms with E-state index in [2.05, 4.69) is 0 Å². The van der Waals surface area contributed by atoms with Crippen molar-refractivity contribution in [3.8, 4) is 11.5 Å². The largest absolute Gasteiger partial charge is 0.504 e. The predicted molar refractivity (Wildman–Crippen MR) is 67.2 cm³/mol. The number of phenolic OH excluding ortho intramolecular Hbond substituents is 1. The quantitative estimate of drug-likeness (QED) is 0.614. The molecule has 0 aromatic heterocycles. The zero-order valence-electron chi connectivity index (χ0n) is 9.92. The van der Waals surface area contributed by atoms with Crippen LogP contribution in [0.15, 0.2) is 30.4 Å². The number of allylic oxidation sites excluding steroid dienone is 2. The first kappa shape index (κ1) is 13.7. The highest BCUT2D eigenvalue weighted by Crippen LogP contribution is 2.26. The third-order valence-corrected chi connectivity index (χ3v) is 2.20. The van der Waals surface area contributed by atoms with Gasteiger partial charge in [-0.25, -0.2) is 0 Å². The minimum absolute atomic E-state index is 0.0221. The van der Waals surface area contributed by atoms with Gasteiger partial charge in [0.2, 0.25) is 0 Å². The van der Waals surface area contributed by atoms with Gasteiger partial charge in [-0.3, -0.25) is 9.59 Å². The Morgan fingerprint density at radius 2 is 2.11 bits per heavy atom. The number of hydrogen-bond acceptors (Lipinski definition) is 4. The minimum Gasteiger partial charge on any atom is -0.504 e. The monoisotopic (exact) mass is 245 g/mol. The number of benzene rings is 1. The zero-order chi connectivity index (χ0) is 13.5. The van der Waals surface area contributed by atoms with Crippen molar-refractivity contribution in [1.82, 2.24) is 0 Å². The summed E-state index contributed by atoms with van der Waals surface area (Å²) in [6.45, 7) is 4.99. The van der Waals surface area contributed by atoms with E-state index in [0.717, 1.165) is 6.08 Å². The van der Waals surface area contributed by atoms with Crippen LogP contribution in [0.3, 0.4) is 0 Å². The normalized spacial score (nSPS) is 10.3. The van der Waals surface area contributed by atoms with Crippen LogP contribution in [0.2, 0.25) is 0 Å². The van der Waals surface area contributed by atoms with Crippen LogP contribution in [0.5, 0.6) is 11.5 Å². The summed E-state index contributed by atoms with van der Waals surface area (Å²) in [5, 5.41) is 9.38. The lowest BCUT2D eigenvalue weighted by atomic mass is 10.1. The van der Waals surface area contributed by atoms with Crippen LogP contribution in [-0.4, -0.2) is 23.8 Å². The number of carbonyl (C=O) groups is 2. The molecular weight excluding hydrogens is 232 g/mol. The summed E-state index contributed by atoms with van der Waals surface area (Å²) in [5.41, 5.74) is 0.683. The minimum atomic E-state index is -0.423. The van der Waals surface area contributed by atoms with Crippen LogP contribution in [0.4, 0.5) is 0 Å². The molecule has 1 radical (unpaired) electrons. The highest BCUT2D eigenvalue weighted by Gasteiger charge is 2.03. The lowest BCUT2D eigenvalue weighted by Crippen LogP contribution is -2.01. The van der Waals surface area contributed by atoms with Gasteiger partial charge in [-0.15, -0.1) is 0 Å². The third kappa shape index (κ3) is 3.90. The second-order valence-corrected chi connectivity index (χ2v) is 3.54. The maximum Gasteiger partial charge on any atom is 0.163 e. The van der Waals surface area contributed by atoms with Crippen LogP contribution in [0.1, 0.15) is 12.0 Å². The van der Waals surface area contributed by atoms with E-state index in [0.29, 0.717) is 11.3 Å². The summed E-state index contributed by atoms with van der Waals surface area (Å²) in [6, 6.07) is 4.66. The van der Waals surface area contributed by atoms with Crippen LogP contribution < -0.4 is 4.74 Å². The fraction of sp³-hybridized carbons (Fsp3) is 0.143. The van der Waals surface area contributed by atoms with Crippen molar-refractivity contribution in [3.05, 3.63) is 42.5 Å². The SMILES string of the molecule is [CH]=CC(=O)CC(=O)/C=C/c1ccc(O)c(OC)c1. The van der Waals surface area contributed by atoms with E-state index in [-0.39, 0.29) is 18.0 Å². The average Bonchev–Trinajstić information content (AvgIpc) is 2.37. The molecule has 0 spiro atoms. The zero-order valence-corrected chi connectivity index (χ0v) is 9.92. The molecule has 0 saturated heterocycles. The van der Waals surface area contributed by atoms with E-state index in [9.17, 15) is 14.7 Å². The molecule has 1 aromatic carbocycles. The van der Waals surface area contributed by atoms with E-state index in [1.54, 1.807) is 12.1 Å². The Hall–Kier alpha value is -2.36. The van der Waals surface area contributed by atoms with Crippen molar-refractivity contribution in [2.75, 3.05) is 7.11 Å². The number of phenols is 1. The number of ketones is 2. The van der Waals surface area contributed by atoms with Crippen molar-refractivity contribution in [3.63, 3.8) is 0 Å². The molecule has 0 bridgehead atoms. The van der Waals surface area contributed by atoms with Gasteiger partial charge in [0.1, 0.15) is 0 Å². The Balaban J connectivity index is 2.75. The van der Waals surface area contributed by atoms with Crippen molar-refractivity contribution < 1.29 is 19.4 Å². The Bertz CT molecular complexity index is 501. The van der Waals surface area contributed by atoms with Gasteiger partial charge in [0, 0.05) is 0 Å². The molecule has 4 nitrogen and oxygen atoms in total. The molecule has 1 aromatic rings. The molecule has 4 heteroatoms. The van der Waals surface area contributed by atoms with E-state index in [1.165, 1.54) is 25.3 Å². The fourth-order valence-electron chi connectivity index (χ4n) is 1.28. The number of aromatic hydroxyl groups is 1. The molecule has 0 fully saturated rings. The van der Waals surface area contributed by atoms with Crippen LogP contribution in [-0.2, 0) is 9.59 Å². The smallest absolute Gasteiger partial charge is 0.163 e. The summed E-state index contributed by atoms with van der Waals surface area (Å²) in [6.07, 6.45) is 3.44. The van der Waals surface area contributed by atoms with E-state index >= 15 is 0 Å². The Morgan fingerprint density at radius 3 is 2.72 bits per heavy atom. The lowest BCUT2D eigenvalue weighted by Gasteiger charge is -2.03. The van der Waals surface area contributed by atoms with Gasteiger partial charge in [-0.1, -0.05) is 18.7 Å². The van der Waals surface area contributed by atoms with Crippen LogP contribution in [0, 0.1) is 6.58 Å². The molecule has 0 aliphatic carbocycles. The van der Waals surface area contributed by atoms with Crippen molar-refractivity contribution in [1.29, 1.82) is 0 Å². The molecule has 1 N–H and O–H groups in total. The van der Waals surface area contributed by atoms with Crippen LogP contribution >= 0.6 is 0 Å². The summed E-state index contributed by atoms with van der Waals surface area (Å²) in [5.74, 6) is -0.425. The summed E-state index contributed by atoms with van der Waals surface area (Å²) in [4.78, 5) is 22.2. The Kier molecular flexibility index (Phi) is 4.87. The van der Waals surface area contributed by atoms with Crippen molar-refractivity contribution >= 4 is 17.6 Å². The molecule has 0 aliphatic rings. The standard InChI is InChI=1S/C14H13O4/c1-3-11(15)9-12(16)6-4-10-5-7-13(17)14(8-10)18-2/h1,3-8,17H,9H2,2H3/b3-1?,6-4+. The predicted octanol–water partition coefficient (Wildman–Crippen LogP) is 1.93. The van der Waals surface area contributed by atoms with E-state index < -0.39 is 5.78 Å². The molecule has 0 aliphatic heterocycles. The topological polar surface area (TPSA) is 63.6 Å². The first-order valence-electron chi connectivity index (χ1n) is 5.22. The molecule has 0 heterocycles. The van der Waals surface area contributed by atoms with E-state index in [1.807, 2.05) is 0 Å². The molecule has 0 unspecified atom stereocenters. The number of rotatable bonds is 6. The number of ether oxygens (including phenoxy) is 1. The van der Waals surface area contributed by atoms with Gasteiger partial charge in [0.05, 0.1) is 13.5 Å². The van der Waals surface area contributed by atoms with Gasteiger partial charge < -0.3 is 9.84 Å². The summed E-state index contributed by atoms with van der Waals surface area (Å²) in [7, 11) is 1.43. The second kappa shape index (κ2) is 6.39. The molecular formula is C14H13O4. The molecule has 18 heavy (non-hydrogen) atoms. The Morgan fingerprint density at radius 1 is 1.39 bits per heavy atom. The van der Waals surface area contributed by atoms with Gasteiger partial charge in [-0.05, 0) is 29.8 Å². The van der Waals surface area contributed by atoms with Gasteiger partial charge in [0.15, 0.2) is 23.1 Å². The molecule has 0 amide bonds. The van der Waals surface area contributed by atoms with Gasteiger partial charge in [0.25, 0.3) is 0 Å². The number of methoxy groups -OCH3 is 1. The average molecular weight is 245 g/mol. The van der Waals surface area contributed by atoms with Gasteiger partial charge >= 0.3 is 0 Å². The molecule has 1 rings (SSSR count). The Labute approximate surface area is 105 Å². The maximum absolute atomic E-state index is 11.3. The van der Waals surface area contributed by atoms with Crippen molar-refractivity contribution in [2.45, 2.75) is 6.42 Å². The summed E-state index contributed by atoms with van der Waals surface area (Å²) >= 11 is 0. The van der Waals surface area contributed by atoms with Crippen LogP contribution in [0.25, 0.3) is 6.08 Å². The fourth-order valence-corrected chi connectivity index (χ4v) is 1.28. The summed E-state index contributed by atoms with van der Waals surface area (Å²) < 4.78 is 4.93. The second-order valence-electron chi connectivity index (χ2n) is 3.54. The molecule has 93 valence electrons. The molecule has 0 atom stereocenters. The lowest BCUT2D eigenvalue weighted by molar-refractivity contribution is -0.121. The number of hydrogen-bond donors (Lipinski definition) is 1. The molecule has 0 saturated carbocycles. The first-order chi connectivity index (χ1) is 8.56. The van der Waals surface area contributed by atoms with Gasteiger partial charge in [-0.2, -0.15) is 0 Å². The van der Waals surface area contributed by atoms with E-state index in [4.69, 9.17) is 11.3 Å². The number of carbonyl (C=O) groups excluding carboxylic acids is 2. The third-order valence-electron chi connectivity index (χ3n) is 2.20.